The van der Waals surface area contributed by atoms with E-state index in [-0.39, 0.29) is 5.91 Å². The zero-order valence-corrected chi connectivity index (χ0v) is 17.0. The van der Waals surface area contributed by atoms with E-state index in [4.69, 9.17) is 11.6 Å². The van der Waals surface area contributed by atoms with Crippen molar-refractivity contribution in [3.8, 4) is 0 Å². The fourth-order valence-electron chi connectivity index (χ4n) is 2.63. The van der Waals surface area contributed by atoms with Gasteiger partial charge in [-0.05, 0) is 63.3 Å². The summed E-state index contributed by atoms with van der Waals surface area (Å²) in [4.78, 5) is 21.7. The fourth-order valence-corrected chi connectivity index (χ4v) is 3.92. The number of carbonyl (C=O) groups excluding carboxylic acids is 1. The molecular formula is C20H22ClN3OS. The highest BCUT2D eigenvalue weighted by atomic mass is 35.5. The first-order valence-electron chi connectivity index (χ1n) is 8.45. The predicted molar refractivity (Wildman–Crippen MR) is 111 cm³/mol. The van der Waals surface area contributed by atoms with Gasteiger partial charge >= 0.3 is 0 Å². The van der Waals surface area contributed by atoms with Crippen molar-refractivity contribution in [2.75, 3.05) is 32.1 Å². The molecule has 0 aliphatic heterocycles. The van der Waals surface area contributed by atoms with Crippen molar-refractivity contribution < 1.29 is 4.79 Å². The van der Waals surface area contributed by atoms with Gasteiger partial charge in [0.25, 0.3) is 5.91 Å². The van der Waals surface area contributed by atoms with Gasteiger partial charge in [-0.25, -0.2) is 4.98 Å². The molecule has 0 saturated carbocycles. The second-order valence-electron chi connectivity index (χ2n) is 6.64. The van der Waals surface area contributed by atoms with Gasteiger partial charge in [-0.3, -0.25) is 9.69 Å². The maximum atomic E-state index is 13.2. The zero-order chi connectivity index (χ0) is 18.8. The van der Waals surface area contributed by atoms with Crippen LogP contribution >= 0.6 is 22.9 Å². The molecule has 6 heteroatoms. The van der Waals surface area contributed by atoms with E-state index in [0.717, 1.165) is 22.3 Å². The minimum Gasteiger partial charge on any atom is -0.308 e. The highest BCUT2D eigenvalue weighted by Crippen LogP contribution is 2.33. The SMILES string of the molecule is Cc1ccc(C(=O)N(CCN(C)C)c2nc3c(Cl)cccc3s2)cc1C. The number of nitrogens with zero attached hydrogens (tertiary/aromatic N) is 3. The van der Waals surface area contributed by atoms with Crippen molar-refractivity contribution in [2.24, 2.45) is 0 Å². The lowest BCUT2D eigenvalue weighted by Crippen LogP contribution is -2.36. The Bertz CT molecular complexity index is 951. The summed E-state index contributed by atoms with van der Waals surface area (Å²) in [7, 11) is 3.99. The summed E-state index contributed by atoms with van der Waals surface area (Å²) in [6.07, 6.45) is 0. The van der Waals surface area contributed by atoms with E-state index in [1.807, 2.05) is 64.3 Å². The Hall–Kier alpha value is -1.95. The number of anilines is 1. The average molecular weight is 388 g/mol. The number of amides is 1. The minimum atomic E-state index is -0.0369. The molecule has 0 bridgehead atoms. The number of aryl methyl sites for hydroxylation is 2. The van der Waals surface area contributed by atoms with E-state index in [2.05, 4.69) is 9.88 Å². The van der Waals surface area contributed by atoms with Crippen LogP contribution in [-0.4, -0.2) is 43.0 Å². The van der Waals surface area contributed by atoms with Crippen LogP contribution in [-0.2, 0) is 0 Å². The molecule has 0 unspecified atom stereocenters. The molecule has 0 aliphatic carbocycles. The Morgan fingerprint density at radius 1 is 1.12 bits per heavy atom. The van der Waals surface area contributed by atoms with E-state index in [1.165, 1.54) is 16.9 Å². The zero-order valence-electron chi connectivity index (χ0n) is 15.4. The monoisotopic (exact) mass is 387 g/mol. The molecule has 4 nitrogen and oxygen atoms in total. The highest BCUT2D eigenvalue weighted by molar-refractivity contribution is 7.22. The van der Waals surface area contributed by atoms with E-state index in [1.54, 1.807) is 4.90 Å². The molecule has 0 spiro atoms. The number of para-hydroxylation sites is 1. The average Bonchev–Trinajstić information content (AvgIpc) is 3.02. The highest BCUT2D eigenvalue weighted by Gasteiger charge is 2.22. The van der Waals surface area contributed by atoms with Crippen LogP contribution < -0.4 is 4.90 Å². The van der Waals surface area contributed by atoms with E-state index in [0.29, 0.717) is 22.3 Å². The Kier molecular flexibility index (Phi) is 5.61. The van der Waals surface area contributed by atoms with Crippen LogP contribution in [0.4, 0.5) is 5.13 Å². The standard InChI is InChI=1S/C20H22ClN3OS/c1-13-8-9-15(12-14(13)2)19(25)24(11-10-23(3)4)20-22-18-16(21)6-5-7-17(18)26-20/h5-9,12H,10-11H2,1-4H3. The molecule has 0 radical (unpaired) electrons. The second-order valence-corrected chi connectivity index (χ2v) is 8.06. The van der Waals surface area contributed by atoms with Gasteiger partial charge in [-0.2, -0.15) is 0 Å². The number of fused-ring (bicyclic) bond motifs is 1. The van der Waals surface area contributed by atoms with Gasteiger partial charge in [0.15, 0.2) is 5.13 Å². The topological polar surface area (TPSA) is 36.4 Å². The molecule has 0 saturated heterocycles. The van der Waals surface area contributed by atoms with Crippen LogP contribution in [0.15, 0.2) is 36.4 Å². The number of carbonyl (C=O) groups is 1. The van der Waals surface area contributed by atoms with Crippen LogP contribution in [0.3, 0.4) is 0 Å². The van der Waals surface area contributed by atoms with Crippen LogP contribution in [0.5, 0.6) is 0 Å². The Balaban J connectivity index is 2.01. The first-order chi connectivity index (χ1) is 12.4. The van der Waals surface area contributed by atoms with Gasteiger partial charge in [0.2, 0.25) is 0 Å². The first kappa shape index (κ1) is 18.8. The Labute approximate surface area is 163 Å². The molecule has 0 N–H and O–H groups in total. The van der Waals surface area contributed by atoms with Gasteiger partial charge in [0.1, 0.15) is 5.52 Å². The predicted octanol–water partition coefficient (Wildman–Crippen LogP) is 4.77. The Morgan fingerprint density at radius 2 is 1.88 bits per heavy atom. The van der Waals surface area contributed by atoms with Crippen molar-refractivity contribution in [3.63, 3.8) is 0 Å². The maximum absolute atomic E-state index is 13.2. The summed E-state index contributed by atoms with van der Waals surface area (Å²) in [6.45, 7) is 5.38. The molecule has 0 fully saturated rings. The molecule has 0 aliphatic rings. The van der Waals surface area contributed by atoms with Gasteiger partial charge < -0.3 is 4.90 Å². The second kappa shape index (κ2) is 7.74. The third-order valence-electron chi connectivity index (χ3n) is 4.36. The molecule has 2 aromatic carbocycles. The van der Waals surface area contributed by atoms with Crippen molar-refractivity contribution in [2.45, 2.75) is 13.8 Å². The van der Waals surface area contributed by atoms with Crippen molar-refractivity contribution in [1.29, 1.82) is 0 Å². The van der Waals surface area contributed by atoms with Gasteiger partial charge in [0, 0.05) is 18.7 Å². The summed E-state index contributed by atoms with van der Waals surface area (Å²) in [6, 6.07) is 11.5. The summed E-state index contributed by atoms with van der Waals surface area (Å²) in [5.41, 5.74) is 3.71. The largest absolute Gasteiger partial charge is 0.308 e. The molecule has 136 valence electrons. The van der Waals surface area contributed by atoms with Crippen molar-refractivity contribution >= 4 is 44.2 Å². The molecular weight excluding hydrogens is 366 g/mol. The van der Waals surface area contributed by atoms with Gasteiger partial charge in [-0.1, -0.05) is 35.1 Å². The Morgan fingerprint density at radius 3 is 2.54 bits per heavy atom. The number of aromatic nitrogens is 1. The van der Waals surface area contributed by atoms with E-state index < -0.39 is 0 Å². The summed E-state index contributed by atoms with van der Waals surface area (Å²) in [5, 5.41) is 1.29. The van der Waals surface area contributed by atoms with Crippen LogP contribution in [0.2, 0.25) is 5.02 Å². The van der Waals surface area contributed by atoms with Crippen LogP contribution in [0, 0.1) is 13.8 Å². The number of hydrogen-bond donors (Lipinski definition) is 0. The van der Waals surface area contributed by atoms with Crippen molar-refractivity contribution in [3.05, 3.63) is 58.1 Å². The molecule has 1 aromatic heterocycles. The fraction of sp³-hybridized carbons (Fsp3) is 0.300. The minimum absolute atomic E-state index is 0.0369. The number of benzene rings is 2. The number of likely N-dealkylation sites (N-methyl/N-ethyl adjacent to an activating group) is 1. The van der Waals surface area contributed by atoms with Crippen LogP contribution in [0.25, 0.3) is 10.2 Å². The third-order valence-corrected chi connectivity index (χ3v) is 5.71. The number of hydrogen-bond acceptors (Lipinski definition) is 4. The van der Waals surface area contributed by atoms with E-state index >= 15 is 0 Å². The van der Waals surface area contributed by atoms with Gasteiger partial charge in [-0.15, -0.1) is 0 Å². The summed E-state index contributed by atoms with van der Waals surface area (Å²) in [5.74, 6) is -0.0369. The normalized spacial score (nSPS) is 11.3. The smallest absolute Gasteiger partial charge is 0.260 e. The quantitative estimate of drug-likeness (QED) is 0.632. The molecule has 1 heterocycles. The lowest BCUT2D eigenvalue weighted by Gasteiger charge is -2.22. The number of halogens is 1. The summed E-state index contributed by atoms with van der Waals surface area (Å²) < 4.78 is 0.982. The number of thiazole rings is 1. The van der Waals surface area contributed by atoms with Crippen LogP contribution in [0.1, 0.15) is 21.5 Å². The maximum Gasteiger partial charge on any atom is 0.260 e. The van der Waals surface area contributed by atoms with Gasteiger partial charge in [0.05, 0.1) is 9.72 Å². The third kappa shape index (κ3) is 3.90. The summed E-state index contributed by atoms with van der Waals surface area (Å²) >= 11 is 7.76. The number of rotatable bonds is 5. The lowest BCUT2D eigenvalue weighted by molar-refractivity contribution is 0.0985. The molecule has 0 atom stereocenters. The van der Waals surface area contributed by atoms with E-state index in [9.17, 15) is 4.79 Å². The molecule has 3 aromatic rings. The van der Waals surface area contributed by atoms with Crippen molar-refractivity contribution in [1.82, 2.24) is 9.88 Å². The molecule has 1 amide bonds. The lowest BCUT2D eigenvalue weighted by atomic mass is 10.1. The first-order valence-corrected chi connectivity index (χ1v) is 9.65. The molecule has 3 rings (SSSR count). The molecule has 26 heavy (non-hydrogen) atoms.